The molecule has 0 aliphatic heterocycles. The van der Waals surface area contributed by atoms with E-state index in [4.69, 9.17) is 0 Å². The maximum Gasteiger partial charge on any atom is 0.181 e. The minimum atomic E-state index is 0.806. The van der Waals surface area contributed by atoms with Gasteiger partial charge in [-0.15, -0.1) is 0 Å². The summed E-state index contributed by atoms with van der Waals surface area (Å²) in [6.45, 7) is 3.42. The molecule has 3 rings (SSSR count). The molecule has 0 bridgehead atoms. The highest BCUT2D eigenvalue weighted by Crippen LogP contribution is 2.29. The molecule has 0 aromatic carbocycles. The van der Waals surface area contributed by atoms with E-state index in [9.17, 15) is 0 Å². The predicted molar refractivity (Wildman–Crippen MR) is 68.7 cm³/mol. The third kappa shape index (κ3) is 2.33. The van der Waals surface area contributed by atoms with Crippen molar-refractivity contribution >= 4 is 11.0 Å². The quantitative estimate of drug-likeness (QED) is 0.791. The van der Waals surface area contributed by atoms with Gasteiger partial charge in [-0.2, -0.15) is 5.10 Å². The first-order valence-corrected chi connectivity index (χ1v) is 6.59. The van der Waals surface area contributed by atoms with Gasteiger partial charge in [-0.1, -0.05) is 19.8 Å². The average Bonchev–Trinajstić information content (AvgIpc) is 2.74. The van der Waals surface area contributed by atoms with Gasteiger partial charge in [-0.05, 0) is 36.8 Å². The molecule has 0 saturated heterocycles. The van der Waals surface area contributed by atoms with Crippen molar-refractivity contribution in [2.45, 2.75) is 39.2 Å². The molecule has 1 saturated carbocycles. The Hall–Kier alpha value is -1.38. The second-order valence-electron chi connectivity index (χ2n) is 5.39. The molecule has 0 spiro atoms. The first-order chi connectivity index (χ1) is 8.31. The van der Waals surface area contributed by atoms with Crippen LogP contribution in [0.4, 0.5) is 0 Å². The van der Waals surface area contributed by atoms with Crippen LogP contribution in [0.2, 0.25) is 0 Å². The van der Waals surface area contributed by atoms with E-state index in [2.05, 4.69) is 34.0 Å². The summed E-state index contributed by atoms with van der Waals surface area (Å²) in [7, 11) is 0. The monoisotopic (exact) mass is 229 g/mol. The fraction of sp³-hybridized carbons (Fsp3) is 0.571. The summed E-state index contributed by atoms with van der Waals surface area (Å²) < 4.78 is 2.08. The first kappa shape index (κ1) is 10.8. The van der Waals surface area contributed by atoms with E-state index in [0.29, 0.717) is 0 Å². The zero-order chi connectivity index (χ0) is 11.7. The highest BCUT2D eigenvalue weighted by Gasteiger charge is 2.18. The third-order valence-electron chi connectivity index (χ3n) is 3.91. The Balaban J connectivity index is 1.72. The second kappa shape index (κ2) is 4.47. The van der Waals surface area contributed by atoms with Crippen LogP contribution in [0.5, 0.6) is 0 Å². The zero-order valence-electron chi connectivity index (χ0n) is 10.3. The van der Waals surface area contributed by atoms with Crippen LogP contribution in [-0.2, 0) is 6.54 Å². The van der Waals surface area contributed by atoms with Crippen molar-refractivity contribution in [3.8, 4) is 0 Å². The number of fused-ring (bicyclic) bond motifs is 1. The summed E-state index contributed by atoms with van der Waals surface area (Å²) in [6.07, 6.45) is 9.39. The van der Waals surface area contributed by atoms with Crippen LogP contribution in [0.1, 0.15) is 32.6 Å². The summed E-state index contributed by atoms with van der Waals surface area (Å²) in [6, 6.07) is 4.05. The lowest BCUT2D eigenvalue weighted by atomic mass is 9.83. The molecular weight excluding hydrogens is 210 g/mol. The van der Waals surface area contributed by atoms with Crippen LogP contribution in [-0.4, -0.2) is 14.8 Å². The van der Waals surface area contributed by atoms with Crippen molar-refractivity contribution in [3.05, 3.63) is 24.5 Å². The molecule has 3 nitrogen and oxygen atoms in total. The fourth-order valence-electron chi connectivity index (χ4n) is 2.77. The van der Waals surface area contributed by atoms with Crippen LogP contribution in [0.25, 0.3) is 11.0 Å². The van der Waals surface area contributed by atoms with Crippen molar-refractivity contribution < 1.29 is 0 Å². The van der Waals surface area contributed by atoms with Gasteiger partial charge >= 0.3 is 0 Å². The largest absolute Gasteiger partial charge is 0.270 e. The van der Waals surface area contributed by atoms with E-state index in [1.54, 1.807) is 0 Å². The first-order valence-electron chi connectivity index (χ1n) is 6.59. The van der Waals surface area contributed by atoms with E-state index in [1.165, 1.54) is 25.7 Å². The molecule has 1 aliphatic carbocycles. The number of pyridine rings is 1. The Labute approximate surface area is 102 Å². The minimum absolute atomic E-state index is 0.806. The van der Waals surface area contributed by atoms with Crippen LogP contribution >= 0.6 is 0 Å². The molecule has 2 aromatic heterocycles. The highest BCUT2D eigenvalue weighted by molar-refractivity contribution is 5.73. The summed E-state index contributed by atoms with van der Waals surface area (Å²) in [5, 5.41) is 5.68. The maximum atomic E-state index is 4.53. The second-order valence-corrected chi connectivity index (χ2v) is 5.39. The Morgan fingerprint density at radius 3 is 2.88 bits per heavy atom. The van der Waals surface area contributed by atoms with Gasteiger partial charge in [0.2, 0.25) is 0 Å². The van der Waals surface area contributed by atoms with Gasteiger partial charge in [0.25, 0.3) is 0 Å². The standard InChI is InChI=1S/C14H19N3/c1-11-4-6-12(7-5-11)9-17-10-13-3-2-8-15-14(13)16-17/h2-3,8,10-12H,4-7,9H2,1H3. The molecule has 2 heterocycles. The van der Waals surface area contributed by atoms with Crippen molar-refractivity contribution in [3.63, 3.8) is 0 Å². The summed E-state index contributed by atoms with van der Waals surface area (Å²) >= 11 is 0. The molecule has 2 aromatic rings. The summed E-state index contributed by atoms with van der Waals surface area (Å²) in [5.41, 5.74) is 0.872. The average molecular weight is 229 g/mol. The van der Waals surface area contributed by atoms with Gasteiger partial charge in [0.1, 0.15) is 0 Å². The van der Waals surface area contributed by atoms with Gasteiger partial charge in [0.05, 0.1) is 0 Å². The van der Waals surface area contributed by atoms with Gasteiger partial charge in [-0.3, -0.25) is 4.68 Å². The normalized spacial score (nSPS) is 25.2. The molecule has 1 fully saturated rings. The molecule has 0 radical (unpaired) electrons. The van der Waals surface area contributed by atoms with E-state index in [0.717, 1.165) is 29.4 Å². The van der Waals surface area contributed by atoms with Crippen molar-refractivity contribution in [2.75, 3.05) is 0 Å². The number of hydrogen-bond donors (Lipinski definition) is 0. The van der Waals surface area contributed by atoms with Crippen molar-refractivity contribution in [2.24, 2.45) is 11.8 Å². The molecular formula is C14H19N3. The van der Waals surface area contributed by atoms with Gasteiger partial charge in [0.15, 0.2) is 5.65 Å². The Kier molecular flexibility index (Phi) is 2.83. The molecule has 0 N–H and O–H groups in total. The fourth-order valence-corrected chi connectivity index (χ4v) is 2.77. The maximum absolute atomic E-state index is 4.53. The molecule has 3 heteroatoms. The Morgan fingerprint density at radius 2 is 2.12 bits per heavy atom. The molecule has 0 unspecified atom stereocenters. The zero-order valence-corrected chi connectivity index (χ0v) is 10.3. The molecule has 0 atom stereocenters. The Morgan fingerprint density at radius 1 is 1.29 bits per heavy atom. The summed E-state index contributed by atoms with van der Waals surface area (Å²) in [4.78, 5) is 4.28. The molecule has 17 heavy (non-hydrogen) atoms. The third-order valence-corrected chi connectivity index (χ3v) is 3.91. The Bertz CT molecular complexity index is 462. The molecule has 1 aliphatic rings. The van der Waals surface area contributed by atoms with E-state index >= 15 is 0 Å². The van der Waals surface area contributed by atoms with Gasteiger partial charge < -0.3 is 0 Å². The topological polar surface area (TPSA) is 30.7 Å². The highest BCUT2D eigenvalue weighted by atomic mass is 15.3. The van der Waals surface area contributed by atoms with E-state index in [-0.39, 0.29) is 0 Å². The van der Waals surface area contributed by atoms with Gasteiger partial charge in [-0.25, -0.2) is 4.98 Å². The van der Waals surface area contributed by atoms with Crippen LogP contribution < -0.4 is 0 Å². The van der Waals surface area contributed by atoms with Gasteiger partial charge in [0, 0.05) is 24.3 Å². The lowest BCUT2D eigenvalue weighted by molar-refractivity contribution is 0.258. The van der Waals surface area contributed by atoms with Crippen molar-refractivity contribution in [1.29, 1.82) is 0 Å². The number of aromatic nitrogens is 3. The minimum Gasteiger partial charge on any atom is -0.270 e. The molecule has 0 amide bonds. The predicted octanol–water partition coefficient (Wildman–Crippen LogP) is 3.26. The SMILES string of the molecule is CC1CCC(Cn2cc3cccnc3n2)CC1. The lowest BCUT2D eigenvalue weighted by Gasteiger charge is -2.25. The number of nitrogens with zero attached hydrogens (tertiary/aromatic N) is 3. The van der Waals surface area contributed by atoms with Crippen LogP contribution in [0.3, 0.4) is 0 Å². The molecule has 90 valence electrons. The van der Waals surface area contributed by atoms with Crippen molar-refractivity contribution in [1.82, 2.24) is 14.8 Å². The van der Waals surface area contributed by atoms with Crippen LogP contribution in [0.15, 0.2) is 24.5 Å². The number of rotatable bonds is 2. The van der Waals surface area contributed by atoms with E-state index < -0.39 is 0 Å². The van der Waals surface area contributed by atoms with Crippen LogP contribution in [0, 0.1) is 11.8 Å². The number of hydrogen-bond acceptors (Lipinski definition) is 2. The lowest BCUT2D eigenvalue weighted by Crippen LogP contribution is -2.17. The van der Waals surface area contributed by atoms with E-state index in [1.807, 2.05) is 12.3 Å². The summed E-state index contributed by atoms with van der Waals surface area (Å²) in [5.74, 6) is 1.73. The smallest absolute Gasteiger partial charge is 0.181 e.